The van der Waals surface area contributed by atoms with Crippen LogP contribution in [-0.4, -0.2) is 218 Å². The highest BCUT2D eigenvalue weighted by Gasteiger charge is 2.77. The lowest BCUT2D eigenvalue weighted by Gasteiger charge is -2.63. The molecule has 7 aliphatic rings. The zero-order chi connectivity index (χ0) is 61.4. The minimum atomic E-state index is -2.39. The maximum atomic E-state index is 17.9. The van der Waals surface area contributed by atoms with Gasteiger partial charge in [-0.2, -0.15) is 0 Å². The first kappa shape index (κ1) is 66.9. The molecular weight excluding hydrogens is 1070 g/mol. The molecule has 3 saturated carbocycles. The van der Waals surface area contributed by atoms with Crippen molar-refractivity contribution in [1.82, 2.24) is 15.1 Å². The van der Waals surface area contributed by atoms with Gasteiger partial charge in [-0.05, 0) is 150 Å². The third-order valence-electron chi connectivity index (χ3n) is 21.5. The second-order valence-corrected chi connectivity index (χ2v) is 27.6. The number of halogens is 2. The fraction of sp³-hybridized carbons (Fsp3) is 0.885. The van der Waals surface area contributed by atoms with Gasteiger partial charge in [-0.25, -0.2) is 8.78 Å². The summed E-state index contributed by atoms with van der Waals surface area (Å²) < 4.78 is 72.3. The van der Waals surface area contributed by atoms with Crippen LogP contribution in [0.1, 0.15) is 141 Å². The van der Waals surface area contributed by atoms with Crippen molar-refractivity contribution in [2.45, 2.75) is 255 Å². The second kappa shape index (κ2) is 24.5. The number of esters is 1. The Bertz CT molecular complexity index is 2350. The number of aliphatic hydroxyl groups excluding tert-OH is 4. The smallest absolute Gasteiger partial charge is 0.311 e. The van der Waals surface area contributed by atoms with Crippen molar-refractivity contribution in [3.63, 3.8) is 0 Å². The van der Waals surface area contributed by atoms with Crippen LogP contribution >= 0.6 is 0 Å². The molecule has 4 unspecified atom stereocenters. The number of aliphatic hydroxyl groups is 7. The molecule has 8 N–H and O–H groups in total. The van der Waals surface area contributed by atoms with Crippen LogP contribution in [0.25, 0.3) is 0 Å². The lowest BCUT2D eigenvalue weighted by atomic mass is 9.44. The molecule has 0 aromatic rings. The number of hydrogen-bond acceptors (Lipinski definition) is 18. The summed E-state index contributed by atoms with van der Waals surface area (Å²) >= 11 is 0. The number of rotatable bonds is 12. The fourth-order valence-corrected chi connectivity index (χ4v) is 16.5. The van der Waals surface area contributed by atoms with Crippen molar-refractivity contribution >= 4 is 17.7 Å². The van der Waals surface area contributed by atoms with Crippen LogP contribution in [0.2, 0.25) is 0 Å². The Morgan fingerprint density at radius 1 is 0.890 bits per heavy atom. The summed E-state index contributed by atoms with van der Waals surface area (Å²) in [7, 11) is 5.17. The lowest BCUT2D eigenvalue weighted by Crippen LogP contribution is -2.71. The number of nitrogens with one attached hydrogen (secondary N) is 1. The molecule has 0 bridgehead atoms. The monoisotopic (exact) mass is 1170 g/mol. The van der Waals surface area contributed by atoms with Gasteiger partial charge >= 0.3 is 5.97 Å². The van der Waals surface area contributed by atoms with Crippen molar-refractivity contribution in [2.75, 3.05) is 40.8 Å². The van der Waals surface area contributed by atoms with Crippen LogP contribution in [-0.2, 0) is 42.8 Å². The number of allylic oxidation sites excluding steroid dienone is 4. The largest absolute Gasteiger partial charge is 0.459 e. The molecular formula is C61H101F2N3O16. The molecule has 4 aliphatic carbocycles. The van der Waals surface area contributed by atoms with Crippen molar-refractivity contribution < 1.29 is 87.3 Å². The van der Waals surface area contributed by atoms with Crippen LogP contribution in [0.15, 0.2) is 23.8 Å². The van der Waals surface area contributed by atoms with E-state index in [4.69, 9.17) is 28.4 Å². The standard InChI is InChI=1S/C61H101F2N3O16/c1-17-45-59(13,75)49(70)36(7)66(22-18-21-64-54(73)61(76)32(3)23-39-40-26-42(62)41-25-38(67)19-20-55(41,9)60(40,63)44(68)28-56(39,61)10)30-31(2)27-57(11,74)51(82-53-47(69)43(65(14)15)24-33(4)78-53)34(5)48(35(6)52(72)80-45)81-46-29-58(12,77-16)50(71)37(8)79-46/h19-20,25,31-37,39-40,42-51,53,68-71,74-76H,17-18,21-24,26-30H2,1-16H3,(H,64,73)/t31-,32-,33-,34+,35-,36-,37?,39?,40?,42+,43-,44+,45-,46-,47-,48+,49-,50-,51?,53+,55+,56+,57-,58+,59-,60+,61+/m1/s1. The summed E-state index contributed by atoms with van der Waals surface area (Å²) in [5.41, 5.74) is -12.4. The predicted octanol–water partition coefficient (Wildman–Crippen LogP) is 4.07. The first-order chi connectivity index (χ1) is 37.9. The SMILES string of the molecule is CC[C@H]1OC(=O)[C@H](C)[C@@H](O[C@@H]2C[C@](C)(OC)[C@H](O)C(C)O2)[C@H](C)C(O[C@@H]2O[C@H](C)C[C@@H](N(C)C)[C@H]2O)[C@](C)(O)C[C@@H](C)CN(CCCNC(=O)[C@@]2(O)[C@H](C)CC3C4C[C@H](F)C5=CC(=O)C=C[C@]5(C)[C@@]4(F)[C@@H](O)C[C@@]32C)[C@H](C)[C@@H](O)[C@]1(C)O. The second-order valence-electron chi connectivity index (χ2n) is 27.6. The van der Waals surface area contributed by atoms with Crippen LogP contribution < -0.4 is 5.32 Å². The van der Waals surface area contributed by atoms with Crippen LogP contribution in [0.5, 0.6) is 0 Å². The Morgan fingerprint density at radius 2 is 1.55 bits per heavy atom. The quantitative estimate of drug-likeness (QED) is 0.101. The highest BCUT2D eigenvalue weighted by molar-refractivity contribution is 6.01. The molecule has 3 saturated heterocycles. The third-order valence-corrected chi connectivity index (χ3v) is 21.5. The summed E-state index contributed by atoms with van der Waals surface area (Å²) in [5, 5.41) is 88.3. The van der Waals surface area contributed by atoms with E-state index in [-0.39, 0.29) is 82.3 Å². The van der Waals surface area contributed by atoms with Gasteiger partial charge in [0.1, 0.15) is 36.2 Å². The number of nitrogens with zero attached hydrogens (tertiary/aromatic N) is 2. The minimum Gasteiger partial charge on any atom is -0.459 e. The molecule has 1 amide bonds. The van der Waals surface area contributed by atoms with E-state index >= 15 is 8.78 Å². The number of fused-ring (bicyclic) bond motifs is 5. The van der Waals surface area contributed by atoms with E-state index in [2.05, 4.69) is 5.32 Å². The molecule has 27 atom stereocenters. The summed E-state index contributed by atoms with van der Waals surface area (Å²) in [4.78, 5) is 45.5. The Balaban J connectivity index is 1.16. The number of ketones is 1. The zero-order valence-corrected chi connectivity index (χ0v) is 51.5. The number of ether oxygens (including phenoxy) is 6. The number of hydrogen-bond donors (Lipinski definition) is 8. The first-order valence-corrected chi connectivity index (χ1v) is 30.1. The maximum Gasteiger partial charge on any atom is 0.311 e. The summed E-state index contributed by atoms with van der Waals surface area (Å²) in [6.07, 6.45) is -9.95. The van der Waals surface area contributed by atoms with Crippen LogP contribution in [0.4, 0.5) is 8.78 Å². The fourth-order valence-electron chi connectivity index (χ4n) is 16.5. The summed E-state index contributed by atoms with van der Waals surface area (Å²) in [6.45, 7) is 22.3. The average Bonchev–Trinajstić information content (AvgIpc) is 2.67. The van der Waals surface area contributed by atoms with Crippen molar-refractivity contribution in [3.8, 4) is 0 Å². The number of cyclic esters (lactones) is 1. The molecule has 0 spiro atoms. The average molecular weight is 1170 g/mol. The van der Waals surface area contributed by atoms with E-state index in [0.717, 1.165) is 6.08 Å². The van der Waals surface area contributed by atoms with E-state index < -0.39 is 166 Å². The lowest BCUT2D eigenvalue weighted by molar-refractivity contribution is -0.318. The third kappa shape index (κ3) is 11.7. The molecule has 0 aromatic heterocycles. The molecule has 6 fully saturated rings. The first-order valence-electron chi connectivity index (χ1n) is 30.1. The van der Waals surface area contributed by atoms with Gasteiger partial charge < -0.3 is 74.4 Å². The van der Waals surface area contributed by atoms with E-state index in [1.54, 1.807) is 62.3 Å². The molecule has 19 nitrogen and oxygen atoms in total. The molecule has 82 heavy (non-hydrogen) atoms. The predicted molar refractivity (Wildman–Crippen MR) is 299 cm³/mol. The van der Waals surface area contributed by atoms with E-state index in [9.17, 15) is 50.1 Å². The Morgan fingerprint density at radius 3 is 2.17 bits per heavy atom. The van der Waals surface area contributed by atoms with Crippen molar-refractivity contribution in [1.29, 1.82) is 0 Å². The molecule has 470 valence electrons. The number of amides is 1. The van der Waals surface area contributed by atoms with Gasteiger partial charge in [0.15, 0.2) is 29.6 Å². The summed E-state index contributed by atoms with van der Waals surface area (Å²) in [5.74, 6) is -6.92. The molecule has 0 aromatic carbocycles. The topological polar surface area (TPSA) is 267 Å². The van der Waals surface area contributed by atoms with E-state index in [1.807, 2.05) is 37.7 Å². The molecule has 0 radical (unpaired) electrons. The number of methoxy groups -OCH3 is 1. The number of carbonyl (C=O) groups is 3. The van der Waals surface area contributed by atoms with Gasteiger partial charge in [-0.15, -0.1) is 0 Å². The van der Waals surface area contributed by atoms with Gasteiger partial charge in [0.05, 0.1) is 47.6 Å². The Hall–Kier alpha value is -2.61. The number of alkyl halides is 2. The summed E-state index contributed by atoms with van der Waals surface area (Å²) in [6, 6.07) is -1.21. The molecule has 3 heterocycles. The normalized spacial score (nSPS) is 50.8. The van der Waals surface area contributed by atoms with Gasteiger partial charge in [-0.3, -0.25) is 19.3 Å². The highest BCUT2D eigenvalue weighted by Crippen LogP contribution is 2.71. The van der Waals surface area contributed by atoms with Crippen LogP contribution in [0, 0.1) is 46.3 Å². The van der Waals surface area contributed by atoms with Gasteiger partial charge in [0.25, 0.3) is 5.91 Å². The zero-order valence-electron chi connectivity index (χ0n) is 51.5. The van der Waals surface area contributed by atoms with Crippen LogP contribution in [0.3, 0.4) is 0 Å². The minimum absolute atomic E-state index is 0.0109. The Kier molecular flexibility index (Phi) is 20.0. The maximum absolute atomic E-state index is 17.9. The molecule has 7 rings (SSSR count). The Labute approximate surface area is 484 Å². The molecule has 3 aliphatic heterocycles. The van der Waals surface area contributed by atoms with Gasteiger partial charge in [-0.1, -0.05) is 40.7 Å². The van der Waals surface area contributed by atoms with Crippen molar-refractivity contribution in [2.24, 2.45) is 46.3 Å². The number of carbonyl (C=O) groups excluding carboxylic acids is 3. The highest BCUT2D eigenvalue weighted by atomic mass is 19.1. The number of likely N-dealkylation sites (N-methyl/N-ethyl adjacent to an activating group) is 1. The van der Waals surface area contributed by atoms with Crippen molar-refractivity contribution in [3.05, 3.63) is 23.8 Å². The molecule has 21 heteroatoms. The van der Waals surface area contributed by atoms with Gasteiger partial charge in [0, 0.05) is 67.9 Å². The van der Waals surface area contributed by atoms with E-state index in [1.165, 1.54) is 33.1 Å². The van der Waals surface area contributed by atoms with Gasteiger partial charge in [0.2, 0.25) is 0 Å². The van der Waals surface area contributed by atoms with E-state index in [0.29, 0.717) is 6.42 Å².